The molecule has 3 N–H and O–H groups in total. The quantitative estimate of drug-likeness (QED) is 0.392. The summed E-state index contributed by atoms with van der Waals surface area (Å²) in [5, 5.41) is 3.25. The van der Waals surface area contributed by atoms with E-state index in [9.17, 15) is 9.59 Å². The van der Waals surface area contributed by atoms with E-state index in [0.29, 0.717) is 36.3 Å². The Kier molecular flexibility index (Phi) is 5.33. The second-order valence-electron chi connectivity index (χ2n) is 7.73. The van der Waals surface area contributed by atoms with Gasteiger partial charge in [-0.2, -0.15) is 0 Å². The first kappa shape index (κ1) is 19.8. The number of hydrogen-bond donors (Lipinski definition) is 2. The van der Waals surface area contributed by atoms with Gasteiger partial charge in [0.15, 0.2) is 0 Å². The molecule has 3 rings (SSSR count). The predicted octanol–water partition coefficient (Wildman–Crippen LogP) is 1.28. The molecule has 8 nitrogen and oxygen atoms in total. The maximum atomic E-state index is 13.1. The van der Waals surface area contributed by atoms with E-state index in [2.05, 4.69) is 10.3 Å². The summed E-state index contributed by atoms with van der Waals surface area (Å²) < 4.78 is 8.32. The second-order valence-corrected chi connectivity index (χ2v) is 7.73. The monoisotopic (exact) mass is 384 g/mol. The first-order valence-electron chi connectivity index (χ1n) is 9.18. The third-order valence-corrected chi connectivity index (χ3v) is 4.32. The van der Waals surface area contributed by atoms with E-state index in [1.807, 2.05) is 26.8 Å². The van der Waals surface area contributed by atoms with Crippen molar-refractivity contribution in [1.82, 2.24) is 14.7 Å². The van der Waals surface area contributed by atoms with Crippen molar-refractivity contribution in [2.45, 2.75) is 39.3 Å². The summed E-state index contributed by atoms with van der Waals surface area (Å²) in [5.41, 5.74) is 6.91. The molecule has 0 aromatic carbocycles. The topological polar surface area (TPSA) is 103 Å². The lowest BCUT2D eigenvalue weighted by Gasteiger charge is -2.21. The number of aromatic nitrogens is 3. The normalized spacial score (nSPS) is 11.9. The number of pyridine rings is 2. The van der Waals surface area contributed by atoms with Crippen LogP contribution in [-0.4, -0.2) is 34.5 Å². The summed E-state index contributed by atoms with van der Waals surface area (Å²) in [5.74, 6) is -0.0533. The molecule has 8 heteroatoms. The number of anilines is 1. The molecule has 28 heavy (non-hydrogen) atoms. The van der Waals surface area contributed by atoms with Gasteiger partial charge < -0.3 is 15.8 Å². The molecule has 0 atom stereocenters. The van der Waals surface area contributed by atoms with Crippen LogP contribution in [0.25, 0.3) is 16.7 Å². The van der Waals surface area contributed by atoms with E-state index in [-0.39, 0.29) is 22.8 Å². The summed E-state index contributed by atoms with van der Waals surface area (Å²) in [6.45, 7) is 6.66. The first-order chi connectivity index (χ1) is 13.2. The van der Waals surface area contributed by atoms with Gasteiger partial charge in [0.05, 0.1) is 6.54 Å². The fraction of sp³-hybridized carbons (Fsp3) is 0.400. The minimum absolute atomic E-state index is 0.245. The van der Waals surface area contributed by atoms with Crippen LogP contribution in [-0.2, 0) is 11.3 Å². The molecule has 1 amide bonds. The van der Waals surface area contributed by atoms with Gasteiger partial charge in [0.1, 0.15) is 10.9 Å². The van der Waals surface area contributed by atoms with Crippen LogP contribution in [0.4, 0.5) is 5.82 Å². The van der Waals surface area contributed by atoms with Crippen molar-refractivity contribution in [3.8, 4) is 0 Å². The average Bonchev–Trinajstić information content (AvgIpc) is 2.62. The number of carbonyl (C=O) groups excluding carboxylic acids is 1. The highest BCUT2D eigenvalue weighted by atomic mass is 16.5. The molecule has 3 heterocycles. The zero-order chi connectivity index (χ0) is 20.5. The van der Waals surface area contributed by atoms with Gasteiger partial charge in [-0.05, 0) is 39.0 Å². The SMILES string of the molecule is COCCC[n+]1c(N)c(C(=O)NC(C)(C)C)cc2c(=O)n3ccccc3nc21. The van der Waals surface area contributed by atoms with Crippen molar-refractivity contribution in [2.75, 3.05) is 19.5 Å². The zero-order valence-corrected chi connectivity index (χ0v) is 16.7. The number of aryl methyl sites for hydroxylation is 1. The Morgan fingerprint density at radius 2 is 2.11 bits per heavy atom. The Morgan fingerprint density at radius 3 is 2.79 bits per heavy atom. The average molecular weight is 384 g/mol. The van der Waals surface area contributed by atoms with Gasteiger partial charge in [-0.3, -0.25) is 14.0 Å². The zero-order valence-electron chi connectivity index (χ0n) is 16.7. The number of carbonyl (C=O) groups is 1. The molecule has 0 fully saturated rings. The molecule has 0 aliphatic carbocycles. The second kappa shape index (κ2) is 7.55. The summed E-state index contributed by atoms with van der Waals surface area (Å²) in [7, 11) is 1.62. The lowest BCUT2D eigenvalue weighted by atomic mass is 10.1. The van der Waals surface area contributed by atoms with Crippen LogP contribution in [0.2, 0.25) is 0 Å². The molecule has 0 bridgehead atoms. The highest BCUT2D eigenvalue weighted by Gasteiger charge is 2.26. The molecule has 0 aliphatic heterocycles. The molecular weight excluding hydrogens is 358 g/mol. The highest BCUT2D eigenvalue weighted by Crippen LogP contribution is 2.16. The Morgan fingerprint density at radius 1 is 1.36 bits per heavy atom. The number of nitrogens with zero attached hydrogens (tertiary/aromatic N) is 3. The van der Waals surface area contributed by atoms with Crippen molar-refractivity contribution in [3.63, 3.8) is 0 Å². The number of hydrogen-bond acceptors (Lipinski definition) is 5. The van der Waals surface area contributed by atoms with Crippen molar-refractivity contribution >= 4 is 28.4 Å². The third-order valence-electron chi connectivity index (χ3n) is 4.32. The van der Waals surface area contributed by atoms with Crippen molar-refractivity contribution in [1.29, 1.82) is 0 Å². The van der Waals surface area contributed by atoms with Crippen LogP contribution in [0, 0.1) is 0 Å². The Balaban J connectivity index is 2.29. The van der Waals surface area contributed by atoms with Crippen LogP contribution in [0.3, 0.4) is 0 Å². The summed E-state index contributed by atoms with van der Waals surface area (Å²) >= 11 is 0. The molecular formula is C20H26N5O3+. The maximum Gasteiger partial charge on any atom is 0.278 e. The number of ether oxygens (including phenoxy) is 1. The smallest absolute Gasteiger partial charge is 0.278 e. The molecule has 0 aliphatic rings. The van der Waals surface area contributed by atoms with Crippen molar-refractivity contribution < 1.29 is 14.1 Å². The van der Waals surface area contributed by atoms with E-state index < -0.39 is 5.54 Å². The number of nitrogen functional groups attached to an aromatic ring is 1. The molecule has 0 saturated heterocycles. The van der Waals surface area contributed by atoms with Gasteiger partial charge in [0, 0.05) is 31.9 Å². The van der Waals surface area contributed by atoms with E-state index in [1.165, 1.54) is 10.5 Å². The molecule has 0 saturated carbocycles. The Hall–Kier alpha value is -3.00. The first-order valence-corrected chi connectivity index (χ1v) is 9.18. The van der Waals surface area contributed by atoms with E-state index in [1.54, 1.807) is 30.0 Å². The number of methoxy groups -OCH3 is 1. The molecule has 3 aromatic heterocycles. The minimum atomic E-state index is -0.434. The van der Waals surface area contributed by atoms with Crippen LogP contribution in [0.1, 0.15) is 37.6 Å². The molecule has 3 aromatic rings. The highest BCUT2D eigenvalue weighted by molar-refractivity contribution is 6.00. The summed E-state index contributed by atoms with van der Waals surface area (Å²) in [6, 6.07) is 6.88. The van der Waals surface area contributed by atoms with Crippen molar-refractivity contribution in [2.24, 2.45) is 0 Å². The standard InChI is InChI=1S/C20H25N5O3/c1-20(2,3)23-18(26)13-12-14-17(25(16(13)21)10-7-11-28-4)22-15-8-5-6-9-24(15)19(14)27/h5-6,8-9,12,21H,7,10-11H2,1-4H3,(H,23,26)/p+1. The number of nitrogens with two attached hydrogens (primary N) is 1. The fourth-order valence-electron chi connectivity index (χ4n) is 3.08. The molecule has 0 spiro atoms. The molecule has 148 valence electrons. The number of amides is 1. The van der Waals surface area contributed by atoms with Crippen LogP contribution in [0.5, 0.6) is 0 Å². The Labute approximate surface area is 163 Å². The van der Waals surface area contributed by atoms with Crippen LogP contribution in [0.15, 0.2) is 35.3 Å². The maximum absolute atomic E-state index is 13.1. The summed E-state index contributed by atoms with van der Waals surface area (Å²) in [6.07, 6.45) is 2.32. The summed E-state index contributed by atoms with van der Waals surface area (Å²) in [4.78, 5) is 30.5. The van der Waals surface area contributed by atoms with Gasteiger partial charge in [0.2, 0.25) is 11.5 Å². The number of fused-ring (bicyclic) bond motifs is 2. The fourth-order valence-corrected chi connectivity index (χ4v) is 3.08. The van der Waals surface area contributed by atoms with Crippen LogP contribution >= 0.6 is 0 Å². The number of rotatable bonds is 5. The van der Waals surface area contributed by atoms with Gasteiger partial charge in [-0.1, -0.05) is 11.1 Å². The van der Waals surface area contributed by atoms with E-state index in [4.69, 9.17) is 10.5 Å². The predicted molar refractivity (Wildman–Crippen MR) is 107 cm³/mol. The van der Waals surface area contributed by atoms with Crippen LogP contribution < -0.4 is 21.2 Å². The van der Waals surface area contributed by atoms with Gasteiger partial charge in [-0.25, -0.2) is 4.57 Å². The van der Waals surface area contributed by atoms with E-state index in [0.717, 1.165) is 0 Å². The minimum Gasteiger partial charge on any atom is -0.385 e. The van der Waals surface area contributed by atoms with Crippen molar-refractivity contribution in [3.05, 3.63) is 46.4 Å². The number of nitrogens with one attached hydrogen (secondary N) is 1. The third kappa shape index (κ3) is 3.82. The largest absolute Gasteiger partial charge is 0.385 e. The molecule has 0 radical (unpaired) electrons. The Bertz CT molecular complexity index is 1100. The van der Waals surface area contributed by atoms with Gasteiger partial charge >= 0.3 is 0 Å². The van der Waals surface area contributed by atoms with Gasteiger partial charge in [-0.15, -0.1) is 0 Å². The van der Waals surface area contributed by atoms with E-state index >= 15 is 0 Å². The van der Waals surface area contributed by atoms with Gasteiger partial charge in [0.25, 0.3) is 17.1 Å². The molecule has 0 unspecified atom stereocenters. The lowest BCUT2D eigenvalue weighted by Crippen LogP contribution is -2.45. The lowest BCUT2D eigenvalue weighted by molar-refractivity contribution is -0.659.